The van der Waals surface area contributed by atoms with Crippen LogP contribution in [0.15, 0.2) is 36.9 Å². The van der Waals surface area contributed by atoms with E-state index in [4.69, 9.17) is 4.74 Å². The number of amides is 1. The molecule has 16 heavy (non-hydrogen) atoms. The van der Waals surface area contributed by atoms with Gasteiger partial charge in [-0.3, -0.25) is 5.32 Å². The summed E-state index contributed by atoms with van der Waals surface area (Å²) in [6.45, 7) is 3.69. The molecule has 0 saturated heterocycles. The third kappa shape index (κ3) is 2.31. The lowest BCUT2D eigenvalue weighted by Gasteiger charge is -2.06. The number of rotatable bonds is 3. The van der Waals surface area contributed by atoms with Gasteiger partial charge in [0, 0.05) is 5.69 Å². The van der Waals surface area contributed by atoms with Gasteiger partial charge >= 0.3 is 6.09 Å². The van der Waals surface area contributed by atoms with Crippen LogP contribution in [0.3, 0.4) is 0 Å². The zero-order valence-electron chi connectivity index (χ0n) is 8.90. The molecule has 0 radical (unpaired) electrons. The van der Waals surface area contributed by atoms with Gasteiger partial charge in [-0.2, -0.15) is 0 Å². The highest BCUT2D eigenvalue weighted by molar-refractivity contribution is 5.85. The summed E-state index contributed by atoms with van der Waals surface area (Å²) in [6, 6.07) is 5.83. The maximum absolute atomic E-state index is 11.3. The van der Waals surface area contributed by atoms with Crippen LogP contribution >= 0.6 is 0 Å². The molecule has 3 heteroatoms. The largest absolute Gasteiger partial charge is 0.445 e. The Balaban J connectivity index is 2.02. The molecular weight excluding hydrogens is 202 g/mol. The summed E-state index contributed by atoms with van der Waals surface area (Å²) in [7, 11) is 0. The van der Waals surface area contributed by atoms with Crippen molar-refractivity contribution in [2.45, 2.75) is 6.42 Å². The summed E-state index contributed by atoms with van der Waals surface area (Å²) in [5.74, 6) is 0. The Labute approximate surface area is 94.4 Å². The summed E-state index contributed by atoms with van der Waals surface area (Å²) in [5, 5.41) is 2.66. The van der Waals surface area contributed by atoms with E-state index in [1.54, 1.807) is 0 Å². The number of hydrogen-bond acceptors (Lipinski definition) is 2. The number of fused-ring (bicyclic) bond motifs is 1. The van der Waals surface area contributed by atoms with E-state index in [0.717, 1.165) is 17.7 Å². The number of ether oxygens (including phenoxy) is 1. The molecule has 0 aromatic heterocycles. The Morgan fingerprint density at radius 3 is 3.25 bits per heavy atom. The van der Waals surface area contributed by atoms with Crippen LogP contribution in [0.2, 0.25) is 0 Å². The van der Waals surface area contributed by atoms with Gasteiger partial charge in [0.1, 0.15) is 6.61 Å². The number of allylic oxidation sites excluding steroid dienone is 1. The van der Waals surface area contributed by atoms with Crippen molar-refractivity contribution < 1.29 is 9.53 Å². The van der Waals surface area contributed by atoms with Crippen LogP contribution in [-0.2, 0) is 11.2 Å². The predicted molar refractivity (Wildman–Crippen MR) is 64.3 cm³/mol. The lowest BCUT2D eigenvalue weighted by molar-refractivity contribution is 0.174. The maximum atomic E-state index is 11.3. The highest BCUT2D eigenvalue weighted by Crippen LogP contribution is 2.22. The Bertz CT molecular complexity index is 449. The van der Waals surface area contributed by atoms with Crippen LogP contribution in [0.5, 0.6) is 0 Å². The lowest BCUT2D eigenvalue weighted by atomic mass is 10.1. The minimum Gasteiger partial charge on any atom is -0.445 e. The molecule has 1 aliphatic carbocycles. The standard InChI is InChI=1S/C13H13NO2/c1-2-8-16-13(15)14-12-7-6-10-4-3-5-11(10)9-12/h2-3,5-7,9H,1,4,8H2,(H,14,15). The summed E-state index contributed by atoms with van der Waals surface area (Å²) in [5.41, 5.74) is 3.19. The Morgan fingerprint density at radius 2 is 2.44 bits per heavy atom. The first-order valence-corrected chi connectivity index (χ1v) is 5.14. The second-order valence-corrected chi connectivity index (χ2v) is 3.53. The van der Waals surface area contributed by atoms with E-state index in [2.05, 4.69) is 24.0 Å². The second-order valence-electron chi connectivity index (χ2n) is 3.53. The maximum Gasteiger partial charge on any atom is 0.411 e. The van der Waals surface area contributed by atoms with Crippen LogP contribution < -0.4 is 5.32 Å². The van der Waals surface area contributed by atoms with E-state index < -0.39 is 6.09 Å². The van der Waals surface area contributed by atoms with Crippen molar-refractivity contribution in [1.82, 2.24) is 0 Å². The van der Waals surface area contributed by atoms with Gasteiger partial charge in [-0.1, -0.05) is 30.9 Å². The van der Waals surface area contributed by atoms with Crippen LogP contribution in [0.4, 0.5) is 10.5 Å². The molecule has 82 valence electrons. The smallest absolute Gasteiger partial charge is 0.411 e. The van der Waals surface area contributed by atoms with E-state index in [1.807, 2.05) is 18.2 Å². The fraction of sp³-hybridized carbons (Fsp3) is 0.154. The first kappa shape index (κ1) is 10.5. The summed E-state index contributed by atoms with van der Waals surface area (Å²) in [4.78, 5) is 11.3. The Hall–Kier alpha value is -2.03. The number of anilines is 1. The van der Waals surface area contributed by atoms with Gasteiger partial charge in [-0.15, -0.1) is 0 Å². The zero-order valence-corrected chi connectivity index (χ0v) is 8.90. The summed E-state index contributed by atoms with van der Waals surface area (Å²) >= 11 is 0. The van der Waals surface area contributed by atoms with E-state index >= 15 is 0 Å². The first-order valence-electron chi connectivity index (χ1n) is 5.14. The monoisotopic (exact) mass is 215 g/mol. The van der Waals surface area contributed by atoms with Gasteiger partial charge in [0.25, 0.3) is 0 Å². The predicted octanol–water partition coefficient (Wildman–Crippen LogP) is 2.99. The highest BCUT2D eigenvalue weighted by atomic mass is 16.5. The number of hydrogen-bond donors (Lipinski definition) is 1. The van der Waals surface area contributed by atoms with Crippen molar-refractivity contribution in [2.75, 3.05) is 11.9 Å². The van der Waals surface area contributed by atoms with Crippen LogP contribution in [-0.4, -0.2) is 12.7 Å². The van der Waals surface area contributed by atoms with Gasteiger partial charge in [0.2, 0.25) is 0 Å². The molecule has 2 rings (SSSR count). The average Bonchev–Trinajstić information content (AvgIpc) is 2.73. The molecule has 3 nitrogen and oxygen atoms in total. The lowest BCUT2D eigenvalue weighted by Crippen LogP contribution is -2.13. The van der Waals surface area contributed by atoms with Gasteiger partial charge < -0.3 is 4.74 Å². The molecule has 0 spiro atoms. The quantitative estimate of drug-likeness (QED) is 0.787. The third-order valence-corrected chi connectivity index (χ3v) is 2.36. The highest BCUT2D eigenvalue weighted by Gasteiger charge is 2.07. The average molecular weight is 215 g/mol. The molecule has 1 aromatic rings. The minimum absolute atomic E-state index is 0.219. The zero-order chi connectivity index (χ0) is 11.4. The van der Waals surface area contributed by atoms with Crippen molar-refractivity contribution >= 4 is 17.9 Å². The molecule has 0 atom stereocenters. The number of carbonyl (C=O) groups is 1. The van der Waals surface area contributed by atoms with Gasteiger partial charge in [0.15, 0.2) is 0 Å². The van der Waals surface area contributed by atoms with Crippen molar-refractivity contribution in [3.8, 4) is 0 Å². The molecule has 1 aromatic carbocycles. The molecule has 0 heterocycles. The van der Waals surface area contributed by atoms with E-state index in [0.29, 0.717) is 0 Å². The summed E-state index contributed by atoms with van der Waals surface area (Å²) < 4.78 is 4.83. The molecule has 1 amide bonds. The van der Waals surface area contributed by atoms with Crippen LogP contribution in [0, 0.1) is 0 Å². The molecule has 0 bridgehead atoms. The Morgan fingerprint density at radius 1 is 1.56 bits per heavy atom. The SMILES string of the molecule is C=CCOC(=O)Nc1ccc2c(c1)C=CC2. The van der Waals surface area contributed by atoms with E-state index in [-0.39, 0.29) is 6.61 Å². The summed E-state index contributed by atoms with van der Waals surface area (Å²) in [6.07, 6.45) is 6.20. The number of carbonyl (C=O) groups excluding carboxylic acids is 1. The molecule has 1 aliphatic rings. The Kier molecular flexibility index (Phi) is 3.05. The van der Waals surface area contributed by atoms with Crippen LogP contribution in [0.1, 0.15) is 11.1 Å². The first-order chi connectivity index (χ1) is 7.79. The molecule has 0 fully saturated rings. The second kappa shape index (κ2) is 4.66. The topological polar surface area (TPSA) is 38.3 Å². The van der Waals surface area contributed by atoms with Gasteiger partial charge in [-0.05, 0) is 29.7 Å². The van der Waals surface area contributed by atoms with E-state index in [1.165, 1.54) is 11.6 Å². The van der Waals surface area contributed by atoms with Crippen molar-refractivity contribution in [2.24, 2.45) is 0 Å². The minimum atomic E-state index is -0.457. The van der Waals surface area contributed by atoms with Crippen molar-refractivity contribution in [1.29, 1.82) is 0 Å². The molecule has 0 saturated carbocycles. The molecule has 1 N–H and O–H groups in total. The van der Waals surface area contributed by atoms with Gasteiger partial charge in [0.05, 0.1) is 0 Å². The molecular formula is C13H13NO2. The fourth-order valence-corrected chi connectivity index (χ4v) is 1.62. The third-order valence-electron chi connectivity index (χ3n) is 2.36. The van der Waals surface area contributed by atoms with Crippen LogP contribution in [0.25, 0.3) is 6.08 Å². The molecule has 0 unspecified atom stereocenters. The van der Waals surface area contributed by atoms with Crippen molar-refractivity contribution in [3.05, 3.63) is 48.1 Å². The van der Waals surface area contributed by atoms with Gasteiger partial charge in [-0.25, -0.2) is 4.79 Å². The fourth-order valence-electron chi connectivity index (χ4n) is 1.62. The molecule has 0 aliphatic heterocycles. The number of benzene rings is 1. The van der Waals surface area contributed by atoms with Crippen molar-refractivity contribution in [3.63, 3.8) is 0 Å². The normalized spacial score (nSPS) is 12.0. The van der Waals surface area contributed by atoms with E-state index in [9.17, 15) is 4.79 Å². The number of nitrogens with one attached hydrogen (secondary N) is 1.